The molecule has 86 valence electrons. The van der Waals surface area contributed by atoms with Gasteiger partial charge in [-0.3, -0.25) is 0 Å². The Morgan fingerprint density at radius 3 is 2.20 bits per heavy atom. The second-order valence-corrected chi connectivity index (χ2v) is 4.04. The lowest BCUT2D eigenvalue weighted by Crippen LogP contribution is -2.05. The monoisotopic (exact) mass is 210 g/mol. The number of unbranched alkanes of at least 4 members (excludes halogenated alkanes) is 3. The van der Waals surface area contributed by atoms with Gasteiger partial charge in [0, 0.05) is 5.57 Å². The average molecular weight is 210 g/mol. The van der Waals surface area contributed by atoms with E-state index in [0.29, 0.717) is 12.2 Å². The smallest absolute Gasteiger partial charge is 0.333 e. The van der Waals surface area contributed by atoms with Crippen LogP contribution in [0.2, 0.25) is 0 Å². The van der Waals surface area contributed by atoms with Crippen LogP contribution in [0.1, 0.15) is 46.0 Å². The van der Waals surface area contributed by atoms with Gasteiger partial charge >= 0.3 is 5.97 Å². The minimum Gasteiger partial charge on any atom is -0.462 e. The van der Waals surface area contributed by atoms with Crippen molar-refractivity contribution in [2.45, 2.75) is 46.0 Å². The van der Waals surface area contributed by atoms with Gasteiger partial charge in [0.25, 0.3) is 0 Å². The number of allylic oxidation sites excluding steroid dienone is 1. The van der Waals surface area contributed by atoms with Gasteiger partial charge in [-0.15, -0.1) is 6.58 Å². The molecule has 0 atom stereocenters. The van der Waals surface area contributed by atoms with E-state index in [0.717, 1.165) is 19.3 Å². The molecule has 0 aromatic heterocycles. The Hall–Kier alpha value is -1.05. The molecule has 15 heavy (non-hydrogen) atoms. The molecular weight excluding hydrogens is 188 g/mol. The summed E-state index contributed by atoms with van der Waals surface area (Å²) in [5.41, 5.74) is 1.71. The fraction of sp³-hybridized carbons (Fsp3) is 0.615. The Morgan fingerprint density at radius 1 is 1.07 bits per heavy atom. The highest BCUT2D eigenvalue weighted by molar-refractivity contribution is 5.86. The third-order valence-electron chi connectivity index (χ3n) is 2.08. The molecular formula is C13H22O2. The minimum atomic E-state index is -0.281. The zero-order valence-corrected chi connectivity index (χ0v) is 9.97. The summed E-state index contributed by atoms with van der Waals surface area (Å²) >= 11 is 0. The molecule has 0 aromatic rings. The van der Waals surface area contributed by atoms with Crippen molar-refractivity contribution in [3.63, 3.8) is 0 Å². The molecule has 0 aliphatic carbocycles. The van der Waals surface area contributed by atoms with E-state index in [4.69, 9.17) is 4.74 Å². The number of carbonyl (C=O) groups is 1. The number of hydrogen-bond acceptors (Lipinski definition) is 2. The fourth-order valence-electron chi connectivity index (χ4n) is 1.17. The van der Waals surface area contributed by atoms with Crippen molar-refractivity contribution in [2.75, 3.05) is 6.61 Å². The lowest BCUT2D eigenvalue weighted by atomic mass is 10.1. The van der Waals surface area contributed by atoms with Gasteiger partial charge in [-0.05, 0) is 33.1 Å². The first-order valence-electron chi connectivity index (χ1n) is 5.51. The van der Waals surface area contributed by atoms with Crippen LogP contribution in [0, 0.1) is 0 Å². The van der Waals surface area contributed by atoms with E-state index >= 15 is 0 Å². The molecule has 0 unspecified atom stereocenters. The van der Waals surface area contributed by atoms with Gasteiger partial charge in [-0.2, -0.15) is 0 Å². The summed E-state index contributed by atoms with van der Waals surface area (Å²) in [5.74, 6) is -0.281. The molecule has 0 N–H and O–H groups in total. The van der Waals surface area contributed by atoms with Crippen molar-refractivity contribution in [3.8, 4) is 0 Å². The lowest BCUT2D eigenvalue weighted by molar-refractivity contribution is -0.139. The SMILES string of the molecule is C=C(C)CCCCCCOC(=O)C(=C)C. The third kappa shape index (κ3) is 9.26. The van der Waals surface area contributed by atoms with Crippen LogP contribution in [-0.4, -0.2) is 12.6 Å². The molecule has 0 heterocycles. The molecule has 0 saturated heterocycles. The molecule has 2 heteroatoms. The van der Waals surface area contributed by atoms with Crippen molar-refractivity contribution in [1.29, 1.82) is 0 Å². The third-order valence-corrected chi connectivity index (χ3v) is 2.08. The van der Waals surface area contributed by atoms with E-state index in [1.165, 1.54) is 18.4 Å². The maximum Gasteiger partial charge on any atom is 0.333 e. The molecule has 2 nitrogen and oxygen atoms in total. The van der Waals surface area contributed by atoms with E-state index < -0.39 is 0 Å². The van der Waals surface area contributed by atoms with Crippen molar-refractivity contribution in [2.24, 2.45) is 0 Å². The van der Waals surface area contributed by atoms with Gasteiger partial charge in [0.1, 0.15) is 0 Å². The van der Waals surface area contributed by atoms with E-state index in [1.54, 1.807) is 6.92 Å². The van der Waals surface area contributed by atoms with Crippen LogP contribution in [0.15, 0.2) is 24.3 Å². The second kappa shape index (κ2) is 8.27. The maximum absolute atomic E-state index is 11.0. The summed E-state index contributed by atoms with van der Waals surface area (Å²) in [7, 11) is 0. The normalized spacial score (nSPS) is 9.73. The van der Waals surface area contributed by atoms with Crippen molar-refractivity contribution in [1.82, 2.24) is 0 Å². The van der Waals surface area contributed by atoms with Gasteiger partial charge in [-0.25, -0.2) is 4.79 Å². The van der Waals surface area contributed by atoms with Crippen LogP contribution in [0.25, 0.3) is 0 Å². The van der Waals surface area contributed by atoms with Crippen molar-refractivity contribution < 1.29 is 9.53 Å². The van der Waals surface area contributed by atoms with Crippen LogP contribution in [-0.2, 0) is 9.53 Å². The van der Waals surface area contributed by atoms with Crippen LogP contribution in [0.3, 0.4) is 0 Å². The van der Waals surface area contributed by atoms with Gasteiger partial charge in [0.05, 0.1) is 6.61 Å². The highest BCUT2D eigenvalue weighted by Gasteiger charge is 2.01. The topological polar surface area (TPSA) is 26.3 Å². The molecule has 0 radical (unpaired) electrons. The summed E-state index contributed by atoms with van der Waals surface area (Å²) in [6.45, 7) is 11.6. The van der Waals surface area contributed by atoms with Gasteiger partial charge in [0.15, 0.2) is 0 Å². The van der Waals surface area contributed by atoms with Crippen molar-refractivity contribution >= 4 is 5.97 Å². The van der Waals surface area contributed by atoms with Crippen LogP contribution in [0.5, 0.6) is 0 Å². The molecule has 0 fully saturated rings. The first kappa shape index (κ1) is 13.9. The first-order valence-corrected chi connectivity index (χ1v) is 5.51. The predicted octanol–water partition coefficient (Wildman–Crippen LogP) is 3.63. The Bertz CT molecular complexity index is 229. The maximum atomic E-state index is 11.0. The highest BCUT2D eigenvalue weighted by atomic mass is 16.5. The Balaban J connectivity index is 3.22. The molecule has 0 aliphatic heterocycles. The Kier molecular flexibility index (Phi) is 7.69. The zero-order valence-electron chi connectivity index (χ0n) is 9.97. The lowest BCUT2D eigenvalue weighted by Gasteiger charge is -2.04. The van der Waals surface area contributed by atoms with E-state index in [-0.39, 0.29) is 5.97 Å². The molecule has 0 spiro atoms. The fourth-order valence-corrected chi connectivity index (χ4v) is 1.17. The minimum absolute atomic E-state index is 0.281. The summed E-state index contributed by atoms with van der Waals surface area (Å²) in [4.78, 5) is 11.0. The summed E-state index contributed by atoms with van der Waals surface area (Å²) < 4.78 is 4.98. The first-order chi connectivity index (χ1) is 7.04. The van der Waals surface area contributed by atoms with E-state index in [2.05, 4.69) is 20.1 Å². The molecule has 0 saturated carbocycles. The average Bonchev–Trinajstić information content (AvgIpc) is 2.15. The largest absolute Gasteiger partial charge is 0.462 e. The van der Waals surface area contributed by atoms with E-state index in [9.17, 15) is 4.79 Å². The van der Waals surface area contributed by atoms with Crippen molar-refractivity contribution in [3.05, 3.63) is 24.3 Å². The van der Waals surface area contributed by atoms with Crippen LogP contribution >= 0.6 is 0 Å². The number of carbonyl (C=O) groups excluding carboxylic acids is 1. The molecule has 0 aliphatic rings. The van der Waals surface area contributed by atoms with Gasteiger partial charge in [0.2, 0.25) is 0 Å². The number of ether oxygens (including phenoxy) is 1. The highest BCUT2D eigenvalue weighted by Crippen LogP contribution is 2.08. The molecule has 0 aromatic carbocycles. The number of esters is 1. The molecule has 0 amide bonds. The summed E-state index contributed by atoms with van der Waals surface area (Å²) in [6, 6.07) is 0. The number of hydrogen-bond donors (Lipinski definition) is 0. The quantitative estimate of drug-likeness (QED) is 0.265. The van der Waals surface area contributed by atoms with Gasteiger partial charge < -0.3 is 4.74 Å². The van der Waals surface area contributed by atoms with Gasteiger partial charge in [-0.1, -0.05) is 25.0 Å². The predicted molar refractivity (Wildman–Crippen MR) is 63.7 cm³/mol. The van der Waals surface area contributed by atoms with E-state index in [1.807, 2.05) is 0 Å². The van der Waals surface area contributed by atoms with Crippen LogP contribution in [0.4, 0.5) is 0 Å². The summed E-state index contributed by atoms with van der Waals surface area (Å²) in [6.07, 6.45) is 5.51. The summed E-state index contributed by atoms with van der Waals surface area (Å²) in [5, 5.41) is 0. The zero-order chi connectivity index (χ0) is 11.7. The van der Waals surface area contributed by atoms with Crippen LogP contribution < -0.4 is 0 Å². The number of rotatable bonds is 8. The molecule has 0 bridgehead atoms. The Labute approximate surface area is 93.0 Å². The second-order valence-electron chi connectivity index (χ2n) is 4.04. The molecule has 0 rings (SSSR count). The Morgan fingerprint density at radius 2 is 1.67 bits per heavy atom. The standard InChI is InChI=1S/C13H22O2/c1-11(2)9-7-5-6-8-10-15-13(14)12(3)4/h1,3,5-10H2,2,4H3.